The van der Waals surface area contributed by atoms with E-state index in [9.17, 15) is 4.79 Å². The predicted molar refractivity (Wildman–Crippen MR) is 122 cm³/mol. The van der Waals surface area contributed by atoms with E-state index < -0.39 is 0 Å². The molecule has 7 heteroatoms. The number of fused-ring (bicyclic) bond motifs is 2. The van der Waals surface area contributed by atoms with Crippen molar-refractivity contribution in [2.24, 2.45) is 0 Å². The van der Waals surface area contributed by atoms with E-state index in [1.165, 1.54) is 0 Å². The molecule has 0 fully saturated rings. The third-order valence-corrected chi connectivity index (χ3v) is 5.81. The fourth-order valence-electron chi connectivity index (χ4n) is 4.04. The Hall–Kier alpha value is -3.87. The molecule has 162 valence electrons. The van der Waals surface area contributed by atoms with E-state index in [-0.39, 0.29) is 12.5 Å². The summed E-state index contributed by atoms with van der Waals surface area (Å²) in [6, 6.07) is 16.1. The van der Waals surface area contributed by atoms with Crippen molar-refractivity contribution in [3.63, 3.8) is 0 Å². The largest absolute Gasteiger partial charge is 0.493 e. The van der Waals surface area contributed by atoms with Crippen LogP contribution in [0.1, 0.15) is 11.3 Å². The standard InChI is InChI=1S/C25H24N4O3/c1-17-7-8-27-29(17)16-24(30)28-9-10-32-25-21(15-28)12-19(13-23(25)31-2)20-11-18-5-3-4-6-22(18)26-14-20/h3-8,11-14H,9-10,15-16H2,1-2H3. The van der Waals surface area contributed by atoms with Crippen molar-refractivity contribution in [1.82, 2.24) is 19.7 Å². The van der Waals surface area contributed by atoms with Gasteiger partial charge in [0.2, 0.25) is 5.91 Å². The molecule has 4 aromatic rings. The van der Waals surface area contributed by atoms with Gasteiger partial charge in [-0.1, -0.05) is 18.2 Å². The molecule has 0 saturated heterocycles. The zero-order chi connectivity index (χ0) is 22.1. The van der Waals surface area contributed by atoms with Crippen molar-refractivity contribution in [2.45, 2.75) is 20.0 Å². The summed E-state index contributed by atoms with van der Waals surface area (Å²) in [5, 5.41) is 5.31. The molecule has 1 amide bonds. The number of para-hydroxylation sites is 1. The lowest BCUT2D eigenvalue weighted by atomic mass is 10.0. The number of carbonyl (C=O) groups excluding carboxylic acids is 1. The Labute approximate surface area is 186 Å². The monoisotopic (exact) mass is 428 g/mol. The first-order valence-electron chi connectivity index (χ1n) is 10.6. The highest BCUT2D eigenvalue weighted by Crippen LogP contribution is 2.38. The third-order valence-electron chi connectivity index (χ3n) is 5.81. The van der Waals surface area contributed by atoms with E-state index in [1.807, 2.05) is 54.4 Å². The molecule has 2 aromatic carbocycles. The van der Waals surface area contributed by atoms with Gasteiger partial charge in [0.1, 0.15) is 13.2 Å². The Morgan fingerprint density at radius 2 is 2.03 bits per heavy atom. The van der Waals surface area contributed by atoms with Crippen molar-refractivity contribution in [3.05, 3.63) is 72.2 Å². The van der Waals surface area contributed by atoms with E-state index >= 15 is 0 Å². The van der Waals surface area contributed by atoms with Crippen molar-refractivity contribution >= 4 is 16.8 Å². The SMILES string of the molecule is COc1cc(-c2cnc3ccccc3c2)cc2c1OCCN(C(=O)Cn1nccc1C)C2. The van der Waals surface area contributed by atoms with Gasteiger partial charge in [-0.25, -0.2) is 0 Å². The maximum atomic E-state index is 13.0. The zero-order valence-corrected chi connectivity index (χ0v) is 18.1. The smallest absolute Gasteiger partial charge is 0.244 e. The van der Waals surface area contributed by atoms with Gasteiger partial charge in [0.05, 0.1) is 19.2 Å². The van der Waals surface area contributed by atoms with Crippen LogP contribution >= 0.6 is 0 Å². The topological polar surface area (TPSA) is 69.5 Å². The van der Waals surface area contributed by atoms with E-state index in [2.05, 4.69) is 22.2 Å². The number of hydrogen-bond donors (Lipinski definition) is 0. The van der Waals surface area contributed by atoms with Crippen LogP contribution in [0.2, 0.25) is 0 Å². The van der Waals surface area contributed by atoms with Crippen LogP contribution in [0.25, 0.3) is 22.0 Å². The van der Waals surface area contributed by atoms with Gasteiger partial charge in [-0.15, -0.1) is 0 Å². The molecule has 0 bridgehead atoms. The summed E-state index contributed by atoms with van der Waals surface area (Å²) >= 11 is 0. The van der Waals surface area contributed by atoms with Crippen LogP contribution in [0.4, 0.5) is 0 Å². The Balaban J connectivity index is 1.49. The highest BCUT2D eigenvalue weighted by atomic mass is 16.5. The summed E-state index contributed by atoms with van der Waals surface area (Å²) in [6.07, 6.45) is 3.57. The van der Waals surface area contributed by atoms with Gasteiger partial charge in [-0.05, 0) is 42.8 Å². The van der Waals surface area contributed by atoms with Crippen LogP contribution in [0, 0.1) is 6.92 Å². The number of pyridine rings is 1. The fraction of sp³-hybridized carbons (Fsp3) is 0.240. The quantitative estimate of drug-likeness (QED) is 0.494. The van der Waals surface area contributed by atoms with Crippen LogP contribution in [0.15, 0.2) is 60.9 Å². The number of methoxy groups -OCH3 is 1. The molecule has 2 aromatic heterocycles. The fourth-order valence-corrected chi connectivity index (χ4v) is 4.04. The van der Waals surface area contributed by atoms with Gasteiger partial charge >= 0.3 is 0 Å². The first-order chi connectivity index (χ1) is 15.6. The number of aryl methyl sites for hydroxylation is 1. The number of benzene rings is 2. The normalized spacial score (nSPS) is 13.4. The molecule has 1 aliphatic heterocycles. The van der Waals surface area contributed by atoms with Gasteiger partial charge in [0.25, 0.3) is 0 Å². The van der Waals surface area contributed by atoms with Gasteiger partial charge in [-0.3, -0.25) is 14.5 Å². The number of carbonyl (C=O) groups is 1. The molecule has 7 nitrogen and oxygen atoms in total. The number of amides is 1. The number of hydrogen-bond acceptors (Lipinski definition) is 5. The van der Waals surface area contributed by atoms with Crippen LogP contribution < -0.4 is 9.47 Å². The molecule has 0 radical (unpaired) electrons. The Morgan fingerprint density at radius 1 is 1.16 bits per heavy atom. The molecule has 5 rings (SSSR count). The Morgan fingerprint density at radius 3 is 2.84 bits per heavy atom. The van der Waals surface area contributed by atoms with Gasteiger partial charge < -0.3 is 14.4 Å². The van der Waals surface area contributed by atoms with E-state index in [1.54, 1.807) is 18.0 Å². The number of rotatable bonds is 4. The highest BCUT2D eigenvalue weighted by Gasteiger charge is 2.24. The van der Waals surface area contributed by atoms with Crippen molar-refractivity contribution in [2.75, 3.05) is 20.3 Å². The summed E-state index contributed by atoms with van der Waals surface area (Å²) in [4.78, 5) is 19.4. The first kappa shape index (κ1) is 20.1. The van der Waals surface area contributed by atoms with Crippen LogP contribution in [-0.2, 0) is 17.9 Å². The molecule has 1 aliphatic rings. The number of aromatic nitrogens is 3. The van der Waals surface area contributed by atoms with Crippen LogP contribution in [0.5, 0.6) is 11.5 Å². The van der Waals surface area contributed by atoms with Crippen molar-refractivity contribution in [3.8, 4) is 22.6 Å². The molecule has 0 N–H and O–H groups in total. The van der Waals surface area contributed by atoms with Gasteiger partial charge in [-0.2, -0.15) is 5.10 Å². The zero-order valence-electron chi connectivity index (χ0n) is 18.1. The molecular formula is C25H24N4O3. The molecule has 0 aliphatic carbocycles. The highest BCUT2D eigenvalue weighted by molar-refractivity contribution is 5.84. The van der Waals surface area contributed by atoms with E-state index in [0.717, 1.165) is 33.3 Å². The third kappa shape index (κ3) is 3.77. The maximum Gasteiger partial charge on any atom is 0.244 e. The Kier molecular flexibility index (Phi) is 5.23. The summed E-state index contributed by atoms with van der Waals surface area (Å²) in [5.74, 6) is 1.35. The minimum absolute atomic E-state index is 0.00462. The molecule has 0 spiro atoms. The summed E-state index contributed by atoms with van der Waals surface area (Å²) in [6.45, 7) is 3.50. The Bertz CT molecular complexity index is 1300. The molecule has 0 atom stereocenters. The van der Waals surface area contributed by atoms with Crippen molar-refractivity contribution < 1.29 is 14.3 Å². The molecule has 3 heterocycles. The summed E-state index contributed by atoms with van der Waals surface area (Å²) < 4.78 is 13.4. The summed E-state index contributed by atoms with van der Waals surface area (Å²) in [7, 11) is 1.63. The molecule has 0 unspecified atom stereocenters. The van der Waals surface area contributed by atoms with E-state index in [0.29, 0.717) is 31.2 Å². The number of nitrogens with zero attached hydrogens (tertiary/aromatic N) is 4. The second-order valence-electron chi connectivity index (χ2n) is 7.88. The maximum absolute atomic E-state index is 13.0. The molecular weight excluding hydrogens is 404 g/mol. The lowest BCUT2D eigenvalue weighted by molar-refractivity contribution is -0.132. The lowest BCUT2D eigenvalue weighted by Crippen LogP contribution is -2.35. The second kappa shape index (κ2) is 8.34. The van der Waals surface area contributed by atoms with Crippen LogP contribution in [-0.4, -0.2) is 45.8 Å². The average Bonchev–Trinajstić information content (AvgIpc) is 3.09. The van der Waals surface area contributed by atoms with E-state index in [4.69, 9.17) is 9.47 Å². The van der Waals surface area contributed by atoms with Crippen LogP contribution in [0.3, 0.4) is 0 Å². The minimum Gasteiger partial charge on any atom is -0.493 e. The predicted octanol–water partition coefficient (Wildman–Crippen LogP) is 3.84. The molecule has 32 heavy (non-hydrogen) atoms. The van der Waals surface area contributed by atoms with Gasteiger partial charge in [0, 0.05) is 41.1 Å². The first-order valence-corrected chi connectivity index (χ1v) is 10.6. The second-order valence-corrected chi connectivity index (χ2v) is 7.88. The van der Waals surface area contributed by atoms with Gasteiger partial charge in [0.15, 0.2) is 11.5 Å². The summed E-state index contributed by atoms with van der Waals surface area (Å²) in [5.41, 5.74) is 4.78. The average molecular weight is 428 g/mol. The molecule has 0 saturated carbocycles. The number of ether oxygens (including phenoxy) is 2. The van der Waals surface area contributed by atoms with Crippen molar-refractivity contribution in [1.29, 1.82) is 0 Å². The minimum atomic E-state index is 0.00462. The lowest BCUT2D eigenvalue weighted by Gasteiger charge is -2.20.